The van der Waals surface area contributed by atoms with E-state index >= 15 is 0 Å². The maximum absolute atomic E-state index is 13.0. The van der Waals surface area contributed by atoms with Crippen molar-refractivity contribution in [2.75, 3.05) is 10.6 Å². The molecule has 1 aromatic heterocycles. The van der Waals surface area contributed by atoms with Gasteiger partial charge >= 0.3 is 12.2 Å². The average molecular weight is 503 g/mol. The summed E-state index contributed by atoms with van der Waals surface area (Å²) in [4.78, 5) is 20.5. The number of rotatable bonds is 4. The lowest BCUT2D eigenvalue weighted by atomic mass is 10.2. The number of hydrogen-bond donors (Lipinski definition) is 2. The predicted molar refractivity (Wildman–Crippen MR) is 118 cm³/mol. The molecule has 4 aromatic rings. The molecule has 0 saturated carbocycles. The largest absolute Gasteiger partial charge is 0.438 e. The van der Waals surface area contributed by atoms with Gasteiger partial charge in [0.1, 0.15) is 12.1 Å². The van der Waals surface area contributed by atoms with E-state index in [4.69, 9.17) is 4.74 Å². The Hall–Kier alpha value is -3.66. The van der Waals surface area contributed by atoms with Gasteiger partial charge in [0.25, 0.3) is 0 Å². The summed E-state index contributed by atoms with van der Waals surface area (Å²) >= 11 is 2.86. The van der Waals surface area contributed by atoms with E-state index in [0.717, 1.165) is 17.0 Å². The fourth-order valence-electron chi connectivity index (χ4n) is 2.89. The third-order valence-corrected chi connectivity index (χ3v) is 5.05. The molecule has 0 bridgehead atoms. The number of ether oxygens (including phenoxy) is 1. The van der Waals surface area contributed by atoms with Crippen LogP contribution in [-0.4, -0.2) is 16.0 Å². The molecular weight excluding hydrogens is 489 g/mol. The molecule has 0 unspecified atom stereocenters. The van der Waals surface area contributed by atoms with Crippen LogP contribution in [0.5, 0.6) is 11.6 Å². The molecule has 0 fully saturated rings. The second kappa shape index (κ2) is 8.83. The van der Waals surface area contributed by atoms with E-state index in [1.165, 1.54) is 18.5 Å². The normalized spacial score (nSPS) is 11.2. The first-order valence-electron chi connectivity index (χ1n) is 9.22. The van der Waals surface area contributed by atoms with Gasteiger partial charge in [0.05, 0.1) is 16.5 Å². The van der Waals surface area contributed by atoms with Gasteiger partial charge in [0, 0.05) is 15.8 Å². The highest BCUT2D eigenvalue weighted by atomic mass is 79.9. The summed E-state index contributed by atoms with van der Waals surface area (Å²) in [7, 11) is 0. The van der Waals surface area contributed by atoms with Gasteiger partial charge in [-0.05, 0) is 54.6 Å². The SMILES string of the molecule is O=C(Nc1ccc(Oc2ncnc3ccccc23)cc1)Nc1ccc(Br)c(C(F)(F)F)c1. The smallest absolute Gasteiger partial charge is 0.417 e. The van der Waals surface area contributed by atoms with Crippen LogP contribution in [0, 0.1) is 0 Å². The minimum atomic E-state index is -4.54. The van der Waals surface area contributed by atoms with E-state index in [2.05, 4.69) is 36.5 Å². The number of alkyl halides is 3. The molecule has 0 saturated heterocycles. The van der Waals surface area contributed by atoms with E-state index in [1.807, 2.05) is 24.3 Å². The van der Waals surface area contributed by atoms with Gasteiger partial charge in [0.2, 0.25) is 5.88 Å². The maximum atomic E-state index is 13.0. The number of carbonyl (C=O) groups excluding carboxylic acids is 1. The van der Waals surface area contributed by atoms with Crippen molar-refractivity contribution in [3.63, 3.8) is 0 Å². The van der Waals surface area contributed by atoms with Crippen molar-refractivity contribution in [3.8, 4) is 11.6 Å². The van der Waals surface area contributed by atoms with Crippen LogP contribution in [0.25, 0.3) is 10.9 Å². The molecule has 32 heavy (non-hydrogen) atoms. The lowest BCUT2D eigenvalue weighted by molar-refractivity contribution is -0.138. The van der Waals surface area contributed by atoms with Crippen LogP contribution in [0.3, 0.4) is 0 Å². The average Bonchev–Trinajstić information content (AvgIpc) is 2.76. The Bertz CT molecular complexity index is 1280. The van der Waals surface area contributed by atoms with Crippen LogP contribution in [0.15, 0.2) is 77.5 Å². The zero-order valence-electron chi connectivity index (χ0n) is 16.2. The van der Waals surface area contributed by atoms with Crippen molar-refractivity contribution in [1.29, 1.82) is 0 Å². The number of nitrogens with zero attached hydrogens (tertiary/aromatic N) is 2. The number of hydrogen-bond acceptors (Lipinski definition) is 4. The minimum Gasteiger partial charge on any atom is -0.438 e. The Morgan fingerprint density at radius 3 is 2.34 bits per heavy atom. The molecule has 4 rings (SSSR count). The first-order chi connectivity index (χ1) is 15.3. The van der Waals surface area contributed by atoms with Crippen LogP contribution in [0.1, 0.15) is 5.56 Å². The summed E-state index contributed by atoms with van der Waals surface area (Å²) in [5, 5.41) is 5.70. The number of fused-ring (bicyclic) bond motifs is 1. The number of aromatic nitrogens is 2. The molecule has 2 amide bonds. The molecule has 0 aliphatic heterocycles. The van der Waals surface area contributed by atoms with Gasteiger partial charge in [0.15, 0.2) is 0 Å². The lowest BCUT2D eigenvalue weighted by Gasteiger charge is -2.13. The summed E-state index contributed by atoms with van der Waals surface area (Å²) < 4.78 is 44.8. The number of urea groups is 1. The van der Waals surface area contributed by atoms with Crippen molar-refractivity contribution in [2.24, 2.45) is 0 Å². The highest BCUT2D eigenvalue weighted by molar-refractivity contribution is 9.10. The first-order valence-corrected chi connectivity index (χ1v) is 10.0. The van der Waals surface area contributed by atoms with Gasteiger partial charge in [-0.2, -0.15) is 13.2 Å². The van der Waals surface area contributed by atoms with Gasteiger partial charge in [-0.3, -0.25) is 0 Å². The number of nitrogens with one attached hydrogen (secondary N) is 2. The molecule has 6 nitrogen and oxygen atoms in total. The van der Waals surface area contributed by atoms with Crippen molar-refractivity contribution < 1.29 is 22.7 Å². The van der Waals surface area contributed by atoms with Crippen LogP contribution in [0.2, 0.25) is 0 Å². The molecular formula is C22H14BrF3N4O2. The van der Waals surface area contributed by atoms with Crippen molar-refractivity contribution in [3.05, 3.63) is 83.1 Å². The van der Waals surface area contributed by atoms with Gasteiger partial charge < -0.3 is 15.4 Å². The summed E-state index contributed by atoms with van der Waals surface area (Å²) in [5.41, 5.74) is 0.298. The Labute approximate surface area is 188 Å². The second-order valence-electron chi connectivity index (χ2n) is 6.59. The van der Waals surface area contributed by atoms with Crippen LogP contribution >= 0.6 is 15.9 Å². The molecule has 3 aromatic carbocycles. The second-order valence-corrected chi connectivity index (χ2v) is 7.45. The first kappa shape index (κ1) is 21.6. The number of para-hydroxylation sites is 1. The Kier molecular flexibility index (Phi) is 5.95. The lowest BCUT2D eigenvalue weighted by Crippen LogP contribution is -2.19. The highest BCUT2D eigenvalue weighted by Crippen LogP contribution is 2.36. The Morgan fingerprint density at radius 1 is 0.906 bits per heavy atom. The third kappa shape index (κ3) is 4.97. The molecule has 0 atom stereocenters. The molecule has 0 aliphatic rings. The fraction of sp³-hybridized carbons (Fsp3) is 0.0455. The molecule has 2 N–H and O–H groups in total. The van der Waals surface area contributed by atoms with Gasteiger partial charge in [-0.15, -0.1) is 0 Å². The number of anilines is 2. The number of halogens is 4. The molecule has 10 heteroatoms. The third-order valence-electron chi connectivity index (χ3n) is 4.36. The van der Waals surface area contributed by atoms with Crippen molar-refractivity contribution in [1.82, 2.24) is 9.97 Å². The van der Waals surface area contributed by atoms with E-state index in [1.54, 1.807) is 24.3 Å². The highest BCUT2D eigenvalue weighted by Gasteiger charge is 2.33. The zero-order chi connectivity index (χ0) is 22.7. The van der Waals surface area contributed by atoms with E-state index in [9.17, 15) is 18.0 Å². The molecule has 0 spiro atoms. The topological polar surface area (TPSA) is 76.1 Å². The summed E-state index contributed by atoms with van der Waals surface area (Å²) in [6, 6.07) is 16.6. The van der Waals surface area contributed by atoms with Crippen molar-refractivity contribution in [2.45, 2.75) is 6.18 Å². The predicted octanol–water partition coefficient (Wildman–Crippen LogP) is 6.85. The molecule has 0 aliphatic carbocycles. The Morgan fingerprint density at radius 2 is 1.59 bits per heavy atom. The zero-order valence-corrected chi connectivity index (χ0v) is 17.7. The van der Waals surface area contributed by atoms with Gasteiger partial charge in [-0.25, -0.2) is 14.8 Å². The monoisotopic (exact) mass is 502 g/mol. The molecule has 162 valence electrons. The number of benzene rings is 3. The fourth-order valence-corrected chi connectivity index (χ4v) is 3.36. The van der Waals surface area contributed by atoms with E-state index in [0.29, 0.717) is 17.3 Å². The summed E-state index contributed by atoms with van der Waals surface area (Å²) in [5.74, 6) is 0.882. The summed E-state index contributed by atoms with van der Waals surface area (Å²) in [6.45, 7) is 0. The van der Waals surface area contributed by atoms with Crippen LogP contribution < -0.4 is 15.4 Å². The van der Waals surface area contributed by atoms with E-state index in [-0.39, 0.29) is 10.2 Å². The maximum Gasteiger partial charge on any atom is 0.417 e. The summed E-state index contributed by atoms with van der Waals surface area (Å²) in [6.07, 6.45) is -3.14. The van der Waals surface area contributed by atoms with Crippen LogP contribution in [0.4, 0.5) is 29.3 Å². The molecule has 1 heterocycles. The Balaban J connectivity index is 1.42. The van der Waals surface area contributed by atoms with Crippen LogP contribution in [-0.2, 0) is 6.18 Å². The molecule has 0 radical (unpaired) electrons. The standard InChI is InChI=1S/C22H14BrF3N4O2/c23-18-10-7-14(11-17(18)22(24,25)26)30-21(31)29-13-5-8-15(9-6-13)32-20-16-3-1-2-4-19(16)27-12-28-20/h1-12H,(H2,29,30,31). The minimum absolute atomic E-state index is 0.00798. The van der Waals surface area contributed by atoms with Crippen molar-refractivity contribution >= 4 is 44.2 Å². The van der Waals surface area contributed by atoms with E-state index < -0.39 is 17.8 Å². The number of carbonyl (C=O) groups is 1. The number of amides is 2. The quantitative estimate of drug-likeness (QED) is 0.320. The van der Waals surface area contributed by atoms with Gasteiger partial charge in [-0.1, -0.05) is 28.1 Å².